The minimum absolute atomic E-state index is 0.352. The lowest BCUT2D eigenvalue weighted by Gasteiger charge is -2.33. The number of piperidine rings is 1. The second-order valence-electron chi connectivity index (χ2n) is 5.59. The highest BCUT2D eigenvalue weighted by Crippen LogP contribution is 2.19. The predicted molar refractivity (Wildman–Crippen MR) is 80.1 cm³/mol. The Hall–Kier alpha value is -1.88. The summed E-state index contributed by atoms with van der Waals surface area (Å²) in [7, 11) is 0. The van der Waals surface area contributed by atoms with Gasteiger partial charge in [-0.3, -0.25) is 14.5 Å². The van der Waals surface area contributed by atoms with Crippen molar-refractivity contribution in [3.8, 4) is 0 Å². The van der Waals surface area contributed by atoms with Gasteiger partial charge in [0.1, 0.15) is 6.54 Å². The van der Waals surface area contributed by atoms with E-state index < -0.39 is 5.97 Å². The fourth-order valence-corrected chi connectivity index (χ4v) is 2.65. The number of nitrogens with one attached hydrogen (secondary N) is 1. The molecular weight excluding hydrogens is 268 g/mol. The van der Waals surface area contributed by atoms with Gasteiger partial charge in [-0.15, -0.1) is 0 Å². The van der Waals surface area contributed by atoms with Gasteiger partial charge >= 0.3 is 5.97 Å². The van der Waals surface area contributed by atoms with Crippen LogP contribution in [0.4, 0.5) is 0 Å². The smallest absolute Gasteiger partial charge is 0.322 e. The first kappa shape index (κ1) is 15.5. The summed E-state index contributed by atoms with van der Waals surface area (Å²) in [5.74, 6) is -1.39. The van der Waals surface area contributed by atoms with Crippen LogP contribution in [0.15, 0.2) is 24.3 Å². The first-order chi connectivity index (χ1) is 10.1. The van der Waals surface area contributed by atoms with Crippen LogP contribution in [0.3, 0.4) is 0 Å². The van der Waals surface area contributed by atoms with E-state index in [9.17, 15) is 9.59 Å². The fraction of sp³-hybridized carbons (Fsp3) is 0.500. The number of carbonyl (C=O) groups excluding carboxylic acids is 1. The summed E-state index contributed by atoms with van der Waals surface area (Å²) in [5.41, 5.74) is 1.67. The van der Waals surface area contributed by atoms with Crippen LogP contribution >= 0.6 is 0 Å². The Morgan fingerprint density at radius 3 is 2.62 bits per heavy atom. The molecular formula is C16H22N2O3. The van der Waals surface area contributed by atoms with Gasteiger partial charge in [0.2, 0.25) is 0 Å². The van der Waals surface area contributed by atoms with Crippen molar-refractivity contribution in [1.29, 1.82) is 0 Å². The molecule has 0 radical (unpaired) electrons. The number of hydrogen-bond donors (Lipinski definition) is 2. The Kier molecular flexibility index (Phi) is 5.33. The maximum atomic E-state index is 11.7. The van der Waals surface area contributed by atoms with Gasteiger partial charge in [-0.1, -0.05) is 18.6 Å². The Balaban J connectivity index is 1.92. The summed E-state index contributed by atoms with van der Waals surface area (Å²) in [6, 6.07) is 7.99. The van der Waals surface area contributed by atoms with E-state index in [2.05, 4.69) is 17.1 Å². The van der Waals surface area contributed by atoms with Gasteiger partial charge in [0.05, 0.1) is 0 Å². The Morgan fingerprint density at radius 2 is 2.00 bits per heavy atom. The Labute approximate surface area is 125 Å². The zero-order chi connectivity index (χ0) is 15.2. The second kappa shape index (κ2) is 7.22. The maximum absolute atomic E-state index is 11.7. The summed E-state index contributed by atoms with van der Waals surface area (Å²) >= 11 is 0. The van der Waals surface area contributed by atoms with Gasteiger partial charge in [0, 0.05) is 18.2 Å². The molecule has 1 aliphatic heterocycles. The van der Waals surface area contributed by atoms with Crippen molar-refractivity contribution in [2.24, 2.45) is 0 Å². The van der Waals surface area contributed by atoms with Gasteiger partial charge in [-0.2, -0.15) is 0 Å². The summed E-state index contributed by atoms with van der Waals surface area (Å²) in [5, 5.41) is 10.9. The summed E-state index contributed by atoms with van der Waals surface area (Å²) in [6.45, 7) is 3.93. The van der Waals surface area contributed by atoms with Crippen LogP contribution in [0.1, 0.15) is 42.1 Å². The van der Waals surface area contributed by atoms with Crippen LogP contribution in [0.2, 0.25) is 0 Å². The fourth-order valence-electron chi connectivity index (χ4n) is 2.65. The molecule has 1 aromatic carbocycles. The number of rotatable bonds is 5. The average molecular weight is 290 g/mol. The summed E-state index contributed by atoms with van der Waals surface area (Å²) in [6.07, 6.45) is 3.80. The van der Waals surface area contributed by atoms with E-state index in [4.69, 9.17) is 5.11 Å². The lowest BCUT2D eigenvalue weighted by Crippen LogP contribution is -2.36. The molecule has 0 bridgehead atoms. The van der Waals surface area contributed by atoms with Crippen molar-refractivity contribution in [3.63, 3.8) is 0 Å². The zero-order valence-corrected chi connectivity index (χ0v) is 12.3. The number of benzene rings is 1. The number of hydrogen-bond acceptors (Lipinski definition) is 3. The molecule has 2 rings (SSSR count). The molecule has 114 valence electrons. The highest BCUT2D eigenvalue weighted by Gasteiger charge is 2.18. The van der Waals surface area contributed by atoms with Gasteiger partial charge in [-0.25, -0.2) is 0 Å². The summed E-state index contributed by atoms with van der Waals surface area (Å²) in [4.78, 5) is 24.6. The van der Waals surface area contributed by atoms with E-state index in [0.717, 1.165) is 13.1 Å². The van der Waals surface area contributed by atoms with Crippen LogP contribution in [-0.4, -0.2) is 41.0 Å². The van der Waals surface area contributed by atoms with Crippen molar-refractivity contribution >= 4 is 11.9 Å². The third kappa shape index (κ3) is 4.56. The summed E-state index contributed by atoms with van der Waals surface area (Å²) < 4.78 is 0. The van der Waals surface area contributed by atoms with Gasteiger partial charge in [0.15, 0.2) is 0 Å². The third-order valence-corrected chi connectivity index (χ3v) is 3.94. The monoisotopic (exact) mass is 290 g/mol. The van der Waals surface area contributed by atoms with E-state index in [1.54, 1.807) is 12.1 Å². The van der Waals surface area contributed by atoms with E-state index in [0.29, 0.717) is 11.6 Å². The number of nitrogens with zero attached hydrogens (tertiary/aromatic N) is 1. The number of aliphatic carboxylic acids is 1. The SMILES string of the molecule is CC1CCCCN1Cc1ccc(C(=O)NCC(=O)O)cc1. The zero-order valence-electron chi connectivity index (χ0n) is 12.3. The molecule has 0 saturated carbocycles. The van der Waals surface area contributed by atoms with E-state index in [-0.39, 0.29) is 12.5 Å². The highest BCUT2D eigenvalue weighted by molar-refractivity contribution is 5.95. The number of carboxylic acid groups (broad SMARTS) is 1. The second-order valence-corrected chi connectivity index (χ2v) is 5.59. The lowest BCUT2D eigenvalue weighted by atomic mass is 10.0. The van der Waals surface area contributed by atoms with Crippen LogP contribution in [0.5, 0.6) is 0 Å². The molecule has 1 unspecified atom stereocenters. The molecule has 1 fully saturated rings. The van der Waals surface area contributed by atoms with Crippen LogP contribution in [0.25, 0.3) is 0 Å². The average Bonchev–Trinajstić information content (AvgIpc) is 2.48. The van der Waals surface area contributed by atoms with Gasteiger partial charge < -0.3 is 10.4 Å². The number of carboxylic acids is 1. The highest BCUT2D eigenvalue weighted by atomic mass is 16.4. The molecule has 1 aliphatic rings. The van der Waals surface area contributed by atoms with Crippen molar-refractivity contribution in [1.82, 2.24) is 10.2 Å². The molecule has 1 amide bonds. The van der Waals surface area contributed by atoms with Crippen molar-refractivity contribution in [3.05, 3.63) is 35.4 Å². The van der Waals surface area contributed by atoms with E-state index >= 15 is 0 Å². The predicted octanol–water partition coefficient (Wildman–Crippen LogP) is 1.88. The Morgan fingerprint density at radius 1 is 1.29 bits per heavy atom. The van der Waals surface area contributed by atoms with Crippen LogP contribution < -0.4 is 5.32 Å². The molecule has 2 N–H and O–H groups in total. The molecule has 1 aromatic rings. The Bertz CT molecular complexity index is 499. The largest absolute Gasteiger partial charge is 0.480 e. The van der Waals surface area contributed by atoms with Crippen molar-refractivity contribution < 1.29 is 14.7 Å². The quantitative estimate of drug-likeness (QED) is 0.868. The number of amides is 1. The van der Waals surface area contributed by atoms with Gasteiger partial charge in [0.25, 0.3) is 5.91 Å². The first-order valence-electron chi connectivity index (χ1n) is 7.39. The molecule has 5 nitrogen and oxygen atoms in total. The molecule has 1 heterocycles. The molecule has 1 saturated heterocycles. The molecule has 1 atom stereocenters. The number of carbonyl (C=O) groups is 2. The standard InChI is InChI=1S/C16H22N2O3/c1-12-4-2-3-9-18(12)11-13-5-7-14(8-6-13)16(21)17-10-15(19)20/h5-8,12H,2-4,9-11H2,1H3,(H,17,21)(H,19,20). The molecule has 5 heteroatoms. The van der Waals surface area contributed by atoms with E-state index in [1.807, 2.05) is 12.1 Å². The van der Waals surface area contributed by atoms with E-state index in [1.165, 1.54) is 24.8 Å². The topological polar surface area (TPSA) is 69.6 Å². The maximum Gasteiger partial charge on any atom is 0.322 e. The lowest BCUT2D eigenvalue weighted by molar-refractivity contribution is -0.135. The normalized spacial score (nSPS) is 19.2. The number of likely N-dealkylation sites (tertiary alicyclic amines) is 1. The minimum atomic E-state index is -1.04. The van der Waals surface area contributed by atoms with Crippen molar-refractivity contribution in [2.45, 2.75) is 38.8 Å². The first-order valence-corrected chi connectivity index (χ1v) is 7.39. The molecule has 21 heavy (non-hydrogen) atoms. The molecule has 0 spiro atoms. The minimum Gasteiger partial charge on any atom is -0.480 e. The van der Waals surface area contributed by atoms with Crippen molar-refractivity contribution in [2.75, 3.05) is 13.1 Å². The van der Waals surface area contributed by atoms with Gasteiger partial charge in [-0.05, 0) is 44.0 Å². The molecule has 0 aromatic heterocycles. The van der Waals surface area contributed by atoms with Crippen LogP contribution in [0, 0.1) is 0 Å². The third-order valence-electron chi connectivity index (χ3n) is 3.94. The molecule has 0 aliphatic carbocycles. The van der Waals surface area contributed by atoms with Crippen LogP contribution in [-0.2, 0) is 11.3 Å².